The van der Waals surface area contributed by atoms with Crippen molar-refractivity contribution in [1.82, 2.24) is 5.32 Å². The molecule has 21 heavy (non-hydrogen) atoms. The summed E-state index contributed by atoms with van der Waals surface area (Å²) in [5.41, 5.74) is 1.32. The Morgan fingerprint density at radius 1 is 1.10 bits per heavy atom. The van der Waals surface area contributed by atoms with Gasteiger partial charge in [0.15, 0.2) is 0 Å². The molecule has 0 saturated carbocycles. The fourth-order valence-electron chi connectivity index (χ4n) is 1.72. The Kier molecular flexibility index (Phi) is 5.11. The molecule has 3 nitrogen and oxygen atoms in total. The van der Waals surface area contributed by atoms with Gasteiger partial charge in [0.1, 0.15) is 11.6 Å². The molecule has 2 amide bonds. The Labute approximate surface area is 125 Å². The van der Waals surface area contributed by atoms with E-state index in [2.05, 4.69) is 10.6 Å². The summed E-state index contributed by atoms with van der Waals surface area (Å²) in [6.07, 6.45) is 0.581. The van der Waals surface area contributed by atoms with Crippen molar-refractivity contribution in [2.45, 2.75) is 6.42 Å². The van der Waals surface area contributed by atoms with Crippen LogP contribution in [-0.2, 0) is 6.42 Å². The third kappa shape index (κ3) is 4.72. The maximum Gasteiger partial charge on any atom is 0.319 e. The van der Waals surface area contributed by atoms with E-state index in [9.17, 15) is 13.6 Å². The van der Waals surface area contributed by atoms with Gasteiger partial charge in [-0.1, -0.05) is 23.7 Å². The summed E-state index contributed by atoms with van der Waals surface area (Å²) in [7, 11) is 0. The first kappa shape index (κ1) is 15.3. The minimum Gasteiger partial charge on any atom is -0.338 e. The van der Waals surface area contributed by atoms with Gasteiger partial charge in [0, 0.05) is 12.2 Å². The summed E-state index contributed by atoms with van der Waals surface area (Å²) in [6, 6.07) is 9.57. The number of rotatable bonds is 4. The van der Waals surface area contributed by atoms with Crippen molar-refractivity contribution in [2.75, 3.05) is 11.9 Å². The van der Waals surface area contributed by atoms with E-state index in [4.69, 9.17) is 11.6 Å². The first-order chi connectivity index (χ1) is 10.0. The number of carbonyl (C=O) groups excluding carboxylic acids is 1. The smallest absolute Gasteiger partial charge is 0.319 e. The van der Waals surface area contributed by atoms with Crippen LogP contribution in [-0.4, -0.2) is 12.6 Å². The van der Waals surface area contributed by atoms with Gasteiger partial charge in [0.05, 0.1) is 5.02 Å². The zero-order valence-corrected chi connectivity index (χ0v) is 11.8. The van der Waals surface area contributed by atoms with Crippen molar-refractivity contribution < 1.29 is 13.6 Å². The molecule has 2 aromatic rings. The van der Waals surface area contributed by atoms with Crippen molar-refractivity contribution in [3.8, 4) is 0 Å². The van der Waals surface area contributed by atoms with Gasteiger partial charge in [-0.3, -0.25) is 0 Å². The second-order valence-corrected chi connectivity index (χ2v) is 4.79. The van der Waals surface area contributed by atoms with Crippen LogP contribution < -0.4 is 10.6 Å². The summed E-state index contributed by atoms with van der Waals surface area (Å²) < 4.78 is 25.7. The molecule has 0 bridgehead atoms. The molecule has 0 heterocycles. The molecule has 0 aliphatic heterocycles. The van der Waals surface area contributed by atoms with Crippen LogP contribution in [0, 0.1) is 11.6 Å². The second kappa shape index (κ2) is 7.04. The number of hydrogen-bond donors (Lipinski definition) is 2. The largest absolute Gasteiger partial charge is 0.338 e. The zero-order valence-electron chi connectivity index (χ0n) is 11.0. The van der Waals surface area contributed by atoms with Crippen molar-refractivity contribution in [3.05, 3.63) is 64.7 Å². The molecule has 6 heteroatoms. The first-order valence-electron chi connectivity index (χ1n) is 6.29. The molecule has 0 radical (unpaired) electrons. The second-order valence-electron chi connectivity index (χ2n) is 4.39. The Morgan fingerprint density at radius 2 is 1.81 bits per heavy atom. The molecule has 0 aliphatic carbocycles. The van der Waals surface area contributed by atoms with Gasteiger partial charge in [-0.15, -0.1) is 0 Å². The average Bonchev–Trinajstić information content (AvgIpc) is 2.45. The van der Waals surface area contributed by atoms with E-state index in [1.807, 2.05) is 0 Å². The number of anilines is 1. The van der Waals surface area contributed by atoms with Gasteiger partial charge in [0.2, 0.25) is 0 Å². The lowest BCUT2D eigenvalue weighted by atomic mass is 10.1. The molecule has 2 N–H and O–H groups in total. The Hall–Kier alpha value is -2.14. The van der Waals surface area contributed by atoms with Gasteiger partial charge in [0.25, 0.3) is 0 Å². The fraction of sp³-hybridized carbons (Fsp3) is 0.133. The molecule has 110 valence electrons. The van der Waals surface area contributed by atoms with Crippen LogP contribution in [0.1, 0.15) is 5.56 Å². The lowest BCUT2D eigenvalue weighted by Gasteiger charge is -2.08. The number of carbonyl (C=O) groups is 1. The van der Waals surface area contributed by atoms with Crippen molar-refractivity contribution in [2.24, 2.45) is 0 Å². The van der Waals surface area contributed by atoms with Gasteiger partial charge in [-0.2, -0.15) is 0 Å². The minimum absolute atomic E-state index is 0.0564. The van der Waals surface area contributed by atoms with E-state index in [0.717, 1.165) is 5.56 Å². The SMILES string of the molecule is O=C(NCCc1ccc(F)cc1)Nc1ccc(F)c(Cl)c1. The molecule has 0 aliphatic rings. The lowest BCUT2D eigenvalue weighted by molar-refractivity contribution is 0.252. The topological polar surface area (TPSA) is 41.1 Å². The maximum absolute atomic E-state index is 13.0. The van der Waals surface area contributed by atoms with Crippen LogP contribution in [0.15, 0.2) is 42.5 Å². The highest BCUT2D eigenvalue weighted by Gasteiger charge is 2.04. The Balaban J connectivity index is 1.79. The van der Waals surface area contributed by atoms with Crippen LogP contribution in [0.25, 0.3) is 0 Å². The molecule has 0 unspecified atom stereocenters. The molecule has 2 aromatic carbocycles. The maximum atomic E-state index is 13.0. The summed E-state index contributed by atoms with van der Waals surface area (Å²) in [5, 5.41) is 5.14. The van der Waals surface area contributed by atoms with E-state index >= 15 is 0 Å². The van der Waals surface area contributed by atoms with Crippen LogP contribution >= 0.6 is 11.6 Å². The van der Waals surface area contributed by atoms with E-state index in [0.29, 0.717) is 18.7 Å². The van der Waals surface area contributed by atoms with Crippen LogP contribution in [0.2, 0.25) is 5.02 Å². The number of nitrogens with one attached hydrogen (secondary N) is 2. The number of hydrogen-bond acceptors (Lipinski definition) is 1. The molecule has 0 saturated heterocycles. The van der Waals surface area contributed by atoms with Gasteiger partial charge < -0.3 is 10.6 Å². The highest BCUT2D eigenvalue weighted by molar-refractivity contribution is 6.31. The Bertz CT molecular complexity index is 632. The van der Waals surface area contributed by atoms with Crippen LogP contribution in [0.3, 0.4) is 0 Å². The number of benzene rings is 2. The van der Waals surface area contributed by atoms with Crippen LogP contribution in [0.5, 0.6) is 0 Å². The lowest BCUT2D eigenvalue weighted by Crippen LogP contribution is -2.30. The van der Waals surface area contributed by atoms with Crippen molar-refractivity contribution in [1.29, 1.82) is 0 Å². The number of halogens is 3. The standard InChI is InChI=1S/C15H13ClF2N2O/c16-13-9-12(5-6-14(13)18)20-15(21)19-8-7-10-1-3-11(17)4-2-10/h1-6,9H,7-8H2,(H2,19,20,21). The Morgan fingerprint density at radius 3 is 2.48 bits per heavy atom. The van der Waals surface area contributed by atoms with E-state index in [1.54, 1.807) is 12.1 Å². The highest BCUT2D eigenvalue weighted by atomic mass is 35.5. The molecular formula is C15H13ClF2N2O. The highest BCUT2D eigenvalue weighted by Crippen LogP contribution is 2.19. The van der Waals surface area contributed by atoms with E-state index in [-0.39, 0.29) is 10.8 Å². The molecule has 0 aromatic heterocycles. The normalized spacial score (nSPS) is 10.2. The average molecular weight is 311 g/mol. The van der Waals surface area contributed by atoms with Gasteiger partial charge in [-0.25, -0.2) is 13.6 Å². The predicted molar refractivity (Wildman–Crippen MR) is 78.5 cm³/mol. The molecule has 0 fully saturated rings. The number of urea groups is 1. The monoisotopic (exact) mass is 310 g/mol. The summed E-state index contributed by atoms with van der Waals surface area (Å²) in [6.45, 7) is 0.395. The molecular weight excluding hydrogens is 298 g/mol. The van der Waals surface area contributed by atoms with Crippen molar-refractivity contribution >= 4 is 23.3 Å². The predicted octanol–water partition coefficient (Wildman–Crippen LogP) is 3.98. The minimum atomic E-state index is -0.543. The van der Waals surface area contributed by atoms with Crippen molar-refractivity contribution in [3.63, 3.8) is 0 Å². The first-order valence-corrected chi connectivity index (χ1v) is 6.67. The summed E-state index contributed by atoms with van der Waals surface area (Å²) >= 11 is 5.62. The zero-order chi connectivity index (χ0) is 15.2. The van der Waals surface area contributed by atoms with E-state index in [1.165, 1.54) is 30.3 Å². The van der Waals surface area contributed by atoms with E-state index < -0.39 is 11.8 Å². The summed E-state index contributed by atoms with van der Waals surface area (Å²) in [5.74, 6) is -0.837. The molecule has 0 spiro atoms. The third-order valence-electron chi connectivity index (χ3n) is 2.79. The molecule has 2 rings (SSSR count). The molecule has 0 atom stereocenters. The fourth-order valence-corrected chi connectivity index (χ4v) is 1.90. The number of amides is 2. The van der Waals surface area contributed by atoms with Crippen LogP contribution in [0.4, 0.5) is 19.3 Å². The van der Waals surface area contributed by atoms with Gasteiger partial charge in [-0.05, 0) is 42.3 Å². The summed E-state index contributed by atoms with van der Waals surface area (Å²) in [4.78, 5) is 11.6. The quantitative estimate of drug-likeness (QED) is 0.881. The third-order valence-corrected chi connectivity index (χ3v) is 3.08. The van der Waals surface area contributed by atoms with Gasteiger partial charge >= 0.3 is 6.03 Å².